The highest BCUT2D eigenvalue weighted by Gasteiger charge is 2.30. The number of aromatic nitrogens is 1. The standard InChI is InChI=1S/C16H15N3O5S2/c1-18(10-16-17-12-5-3-4-6-14(12)25-16)26(22,23)15-8-7-11(24-2)9-13(15)19(20)21/h3-9H,10H2,1-2H3. The maximum atomic E-state index is 12.8. The Hall–Kier alpha value is -2.56. The van der Waals surface area contributed by atoms with E-state index >= 15 is 0 Å². The number of fused-ring (bicyclic) bond motifs is 1. The molecule has 26 heavy (non-hydrogen) atoms. The maximum Gasteiger partial charge on any atom is 0.293 e. The van der Waals surface area contributed by atoms with Crippen LogP contribution in [-0.4, -0.2) is 36.8 Å². The summed E-state index contributed by atoms with van der Waals surface area (Å²) in [6.07, 6.45) is 0. The van der Waals surface area contributed by atoms with Crippen molar-refractivity contribution in [3.05, 3.63) is 57.6 Å². The molecule has 0 bridgehead atoms. The van der Waals surface area contributed by atoms with Crippen LogP contribution in [0.5, 0.6) is 5.75 Å². The second kappa shape index (κ2) is 6.98. The molecule has 0 N–H and O–H groups in total. The Bertz CT molecular complexity index is 1050. The maximum absolute atomic E-state index is 12.8. The zero-order chi connectivity index (χ0) is 18.9. The van der Waals surface area contributed by atoms with Gasteiger partial charge in [0.15, 0.2) is 4.90 Å². The van der Waals surface area contributed by atoms with Gasteiger partial charge in [0.2, 0.25) is 10.0 Å². The highest BCUT2D eigenvalue weighted by molar-refractivity contribution is 7.89. The van der Waals surface area contributed by atoms with Crippen molar-refractivity contribution < 1.29 is 18.1 Å². The van der Waals surface area contributed by atoms with Gasteiger partial charge in [-0.2, -0.15) is 4.31 Å². The molecule has 0 saturated heterocycles. The van der Waals surface area contributed by atoms with Gasteiger partial charge in [-0.25, -0.2) is 13.4 Å². The minimum Gasteiger partial charge on any atom is -0.497 e. The molecule has 0 aliphatic heterocycles. The van der Waals surface area contributed by atoms with Gasteiger partial charge in [-0.3, -0.25) is 10.1 Å². The fourth-order valence-corrected chi connectivity index (χ4v) is 4.78. The molecule has 1 heterocycles. The SMILES string of the molecule is COc1ccc(S(=O)(=O)N(C)Cc2nc3ccccc3s2)c([N+](=O)[O-])c1. The number of hydrogen-bond acceptors (Lipinski definition) is 7. The van der Waals surface area contributed by atoms with Crippen molar-refractivity contribution in [3.63, 3.8) is 0 Å². The quantitative estimate of drug-likeness (QED) is 0.471. The van der Waals surface area contributed by atoms with Gasteiger partial charge < -0.3 is 4.74 Å². The van der Waals surface area contributed by atoms with Gasteiger partial charge in [0.1, 0.15) is 10.8 Å². The van der Waals surface area contributed by atoms with Crippen molar-refractivity contribution in [2.24, 2.45) is 0 Å². The third-order valence-corrected chi connectivity index (χ3v) is 6.62. The third-order valence-electron chi connectivity index (χ3n) is 3.75. The second-order valence-corrected chi connectivity index (χ2v) is 8.56. The van der Waals surface area contributed by atoms with E-state index in [1.807, 2.05) is 24.3 Å². The summed E-state index contributed by atoms with van der Waals surface area (Å²) in [6.45, 7) is 0.0187. The predicted octanol–water partition coefficient (Wildman–Crippen LogP) is 3.03. The molecule has 0 saturated carbocycles. The molecule has 0 radical (unpaired) electrons. The molecule has 0 atom stereocenters. The number of methoxy groups -OCH3 is 1. The molecule has 3 rings (SSSR count). The van der Waals surface area contributed by atoms with Gasteiger partial charge in [-0.1, -0.05) is 12.1 Å². The van der Waals surface area contributed by atoms with Crippen molar-refractivity contribution in [1.82, 2.24) is 9.29 Å². The van der Waals surface area contributed by atoms with Crippen molar-refractivity contribution in [1.29, 1.82) is 0 Å². The summed E-state index contributed by atoms with van der Waals surface area (Å²) in [7, 11) is -1.35. The van der Waals surface area contributed by atoms with Crippen molar-refractivity contribution in [3.8, 4) is 5.75 Å². The smallest absolute Gasteiger partial charge is 0.293 e. The van der Waals surface area contributed by atoms with Crippen LogP contribution in [0.15, 0.2) is 47.4 Å². The molecule has 2 aromatic carbocycles. The molecule has 0 spiro atoms. The normalized spacial score (nSPS) is 11.8. The number of ether oxygens (including phenoxy) is 1. The summed E-state index contributed by atoms with van der Waals surface area (Å²) >= 11 is 1.38. The summed E-state index contributed by atoms with van der Waals surface area (Å²) in [4.78, 5) is 14.6. The lowest BCUT2D eigenvalue weighted by Gasteiger charge is -2.16. The van der Waals surface area contributed by atoms with Crippen molar-refractivity contribution in [2.75, 3.05) is 14.2 Å². The van der Waals surface area contributed by atoms with E-state index in [0.717, 1.165) is 20.6 Å². The van der Waals surface area contributed by atoms with E-state index in [1.54, 1.807) is 0 Å². The summed E-state index contributed by atoms with van der Waals surface area (Å²) in [5.74, 6) is 0.212. The van der Waals surface area contributed by atoms with E-state index in [-0.39, 0.29) is 17.2 Å². The lowest BCUT2D eigenvalue weighted by atomic mass is 10.3. The summed E-state index contributed by atoms with van der Waals surface area (Å²) < 4.78 is 32.6. The topological polar surface area (TPSA) is 103 Å². The molecular formula is C16H15N3O5S2. The van der Waals surface area contributed by atoms with E-state index in [9.17, 15) is 18.5 Å². The molecular weight excluding hydrogens is 378 g/mol. The first-order valence-electron chi connectivity index (χ1n) is 7.46. The minimum absolute atomic E-state index is 0.0187. The zero-order valence-electron chi connectivity index (χ0n) is 13.9. The Morgan fingerprint density at radius 2 is 2.00 bits per heavy atom. The Morgan fingerprint density at radius 1 is 1.27 bits per heavy atom. The van der Waals surface area contributed by atoms with Gasteiger partial charge in [-0.05, 0) is 24.3 Å². The number of rotatable bonds is 6. The monoisotopic (exact) mass is 393 g/mol. The molecule has 0 aliphatic rings. The number of hydrogen-bond donors (Lipinski definition) is 0. The molecule has 8 nitrogen and oxygen atoms in total. The lowest BCUT2D eigenvalue weighted by Crippen LogP contribution is -2.27. The molecule has 1 aromatic heterocycles. The number of nitrogens with zero attached hydrogens (tertiary/aromatic N) is 3. The summed E-state index contributed by atoms with van der Waals surface area (Å²) in [6, 6.07) is 11.1. The number of benzene rings is 2. The molecule has 3 aromatic rings. The Morgan fingerprint density at radius 3 is 2.65 bits per heavy atom. The van der Waals surface area contributed by atoms with E-state index < -0.39 is 20.6 Å². The number of thiazole rings is 1. The highest BCUT2D eigenvalue weighted by atomic mass is 32.2. The zero-order valence-corrected chi connectivity index (χ0v) is 15.6. The first kappa shape index (κ1) is 18.2. The first-order chi connectivity index (χ1) is 12.3. The fourth-order valence-electron chi connectivity index (χ4n) is 2.42. The van der Waals surface area contributed by atoms with Crippen LogP contribution in [0, 0.1) is 10.1 Å². The highest BCUT2D eigenvalue weighted by Crippen LogP contribution is 2.31. The van der Waals surface area contributed by atoms with Crippen LogP contribution < -0.4 is 4.74 Å². The molecule has 0 unspecified atom stereocenters. The number of para-hydroxylation sites is 1. The Labute approximate surface area is 153 Å². The van der Waals surface area contributed by atoms with Crippen LogP contribution in [0.2, 0.25) is 0 Å². The molecule has 10 heteroatoms. The van der Waals surface area contributed by atoms with Crippen LogP contribution >= 0.6 is 11.3 Å². The lowest BCUT2D eigenvalue weighted by molar-refractivity contribution is -0.387. The van der Waals surface area contributed by atoms with Crippen molar-refractivity contribution >= 4 is 37.3 Å². The van der Waals surface area contributed by atoms with E-state index in [0.29, 0.717) is 5.01 Å². The van der Waals surface area contributed by atoms with Gasteiger partial charge in [0, 0.05) is 7.05 Å². The first-order valence-corrected chi connectivity index (χ1v) is 9.72. The Balaban J connectivity index is 1.95. The number of nitro groups is 1. The van der Waals surface area contributed by atoms with Crippen LogP contribution in [-0.2, 0) is 16.6 Å². The fraction of sp³-hybridized carbons (Fsp3) is 0.188. The average Bonchev–Trinajstić information content (AvgIpc) is 3.03. The summed E-state index contributed by atoms with van der Waals surface area (Å²) in [5.41, 5.74) is 0.259. The van der Waals surface area contributed by atoms with Crippen LogP contribution in [0.4, 0.5) is 5.69 Å². The second-order valence-electron chi connectivity index (χ2n) is 5.43. The molecule has 136 valence electrons. The predicted molar refractivity (Wildman–Crippen MR) is 97.9 cm³/mol. The van der Waals surface area contributed by atoms with E-state index in [4.69, 9.17) is 4.74 Å². The molecule has 0 amide bonds. The van der Waals surface area contributed by atoms with Gasteiger partial charge in [0.25, 0.3) is 5.69 Å². The third kappa shape index (κ3) is 3.39. The molecule has 0 fully saturated rings. The minimum atomic E-state index is -4.07. The van der Waals surface area contributed by atoms with Crippen LogP contribution in [0.1, 0.15) is 5.01 Å². The van der Waals surface area contributed by atoms with Gasteiger partial charge in [-0.15, -0.1) is 11.3 Å². The Kier molecular flexibility index (Phi) is 4.90. The number of nitro benzene ring substituents is 1. The van der Waals surface area contributed by atoms with E-state index in [2.05, 4.69) is 4.98 Å². The largest absolute Gasteiger partial charge is 0.497 e. The van der Waals surface area contributed by atoms with Crippen LogP contribution in [0.25, 0.3) is 10.2 Å². The van der Waals surface area contributed by atoms with Gasteiger partial charge >= 0.3 is 0 Å². The van der Waals surface area contributed by atoms with Gasteiger partial charge in [0.05, 0.1) is 34.9 Å². The molecule has 0 aliphatic carbocycles. The average molecular weight is 393 g/mol. The van der Waals surface area contributed by atoms with E-state index in [1.165, 1.54) is 37.6 Å². The number of sulfonamides is 1. The van der Waals surface area contributed by atoms with Crippen molar-refractivity contribution in [2.45, 2.75) is 11.4 Å². The summed E-state index contributed by atoms with van der Waals surface area (Å²) in [5, 5.41) is 11.9. The van der Waals surface area contributed by atoms with Crippen LogP contribution in [0.3, 0.4) is 0 Å².